The van der Waals surface area contributed by atoms with E-state index in [1.54, 1.807) is 7.11 Å². The summed E-state index contributed by atoms with van der Waals surface area (Å²) in [4.78, 5) is 9.33. The molecule has 0 saturated carbocycles. The average Bonchev–Trinajstić information content (AvgIpc) is 2.69. The average molecular weight is 362 g/mol. The minimum atomic E-state index is 0.620. The van der Waals surface area contributed by atoms with Crippen molar-refractivity contribution in [1.29, 1.82) is 0 Å². The number of aromatic nitrogens is 2. The molecule has 5 nitrogen and oxygen atoms in total. The fourth-order valence-electron chi connectivity index (χ4n) is 2.71. The molecule has 0 saturated heterocycles. The van der Waals surface area contributed by atoms with Crippen LogP contribution in [-0.2, 0) is 0 Å². The van der Waals surface area contributed by atoms with Crippen molar-refractivity contribution in [3.8, 4) is 17.0 Å². The molecule has 140 valence electrons. The topological polar surface area (TPSA) is 59.1 Å². The van der Waals surface area contributed by atoms with Gasteiger partial charge in [0.25, 0.3) is 0 Å². The molecule has 0 aliphatic carbocycles. The van der Waals surface area contributed by atoms with E-state index in [1.807, 2.05) is 60.7 Å². The molecule has 1 aromatic heterocycles. The van der Waals surface area contributed by atoms with E-state index in [9.17, 15) is 0 Å². The number of para-hydroxylation sites is 2. The second kappa shape index (κ2) is 9.03. The molecule has 0 amide bonds. The standard InChI is InChI=1S/C22H26N4O/c1-16(2)13-14-23-22-25-19(17-9-5-4-6-10-17)15-21(26-22)24-18-11-7-8-12-20(18)27-3/h4-12,15-16H,13-14H2,1-3H3,(H2,23,24,25,26). The van der Waals surface area contributed by atoms with Crippen LogP contribution in [0.1, 0.15) is 20.3 Å². The van der Waals surface area contributed by atoms with Crippen molar-refractivity contribution in [1.82, 2.24) is 9.97 Å². The lowest BCUT2D eigenvalue weighted by Gasteiger charge is -2.14. The Morgan fingerprint density at radius 1 is 0.963 bits per heavy atom. The van der Waals surface area contributed by atoms with Gasteiger partial charge in [-0.1, -0.05) is 56.3 Å². The molecule has 3 rings (SSSR count). The van der Waals surface area contributed by atoms with Crippen LogP contribution < -0.4 is 15.4 Å². The summed E-state index contributed by atoms with van der Waals surface area (Å²) >= 11 is 0. The number of nitrogens with one attached hydrogen (secondary N) is 2. The molecule has 0 aliphatic rings. The SMILES string of the molecule is COc1ccccc1Nc1cc(-c2ccccc2)nc(NCCC(C)C)n1. The summed E-state index contributed by atoms with van der Waals surface area (Å²) < 4.78 is 5.43. The van der Waals surface area contributed by atoms with E-state index in [-0.39, 0.29) is 0 Å². The predicted molar refractivity (Wildman–Crippen MR) is 112 cm³/mol. The zero-order valence-corrected chi connectivity index (χ0v) is 16.1. The van der Waals surface area contributed by atoms with E-state index in [4.69, 9.17) is 9.72 Å². The van der Waals surface area contributed by atoms with Gasteiger partial charge < -0.3 is 15.4 Å². The minimum absolute atomic E-state index is 0.620. The van der Waals surface area contributed by atoms with Crippen molar-refractivity contribution in [3.63, 3.8) is 0 Å². The highest BCUT2D eigenvalue weighted by Crippen LogP contribution is 2.28. The Bertz CT molecular complexity index is 865. The van der Waals surface area contributed by atoms with E-state index < -0.39 is 0 Å². The number of rotatable bonds is 8. The molecule has 0 bridgehead atoms. The first kappa shape index (κ1) is 18.7. The van der Waals surface area contributed by atoms with E-state index in [2.05, 4.69) is 29.5 Å². The molecular weight excluding hydrogens is 336 g/mol. The first-order valence-electron chi connectivity index (χ1n) is 9.24. The van der Waals surface area contributed by atoms with Crippen LogP contribution in [0.5, 0.6) is 5.75 Å². The zero-order valence-electron chi connectivity index (χ0n) is 16.1. The third-order valence-corrected chi connectivity index (χ3v) is 4.17. The van der Waals surface area contributed by atoms with Crippen molar-refractivity contribution in [2.45, 2.75) is 20.3 Å². The lowest BCUT2D eigenvalue weighted by Crippen LogP contribution is -2.09. The van der Waals surface area contributed by atoms with Crippen molar-refractivity contribution in [2.75, 3.05) is 24.3 Å². The van der Waals surface area contributed by atoms with E-state index in [0.29, 0.717) is 11.9 Å². The lowest BCUT2D eigenvalue weighted by atomic mass is 10.1. The molecular formula is C22H26N4O. The van der Waals surface area contributed by atoms with Crippen LogP contribution in [0, 0.1) is 5.92 Å². The highest BCUT2D eigenvalue weighted by atomic mass is 16.5. The fourth-order valence-corrected chi connectivity index (χ4v) is 2.71. The molecule has 5 heteroatoms. The van der Waals surface area contributed by atoms with Crippen LogP contribution in [0.15, 0.2) is 60.7 Å². The molecule has 27 heavy (non-hydrogen) atoms. The molecule has 0 atom stereocenters. The number of benzene rings is 2. The first-order chi connectivity index (χ1) is 13.2. The molecule has 1 heterocycles. The minimum Gasteiger partial charge on any atom is -0.495 e. The number of hydrogen-bond acceptors (Lipinski definition) is 5. The first-order valence-corrected chi connectivity index (χ1v) is 9.24. The van der Waals surface area contributed by atoms with Crippen LogP contribution in [0.2, 0.25) is 0 Å². The molecule has 0 spiro atoms. The van der Waals surface area contributed by atoms with Gasteiger partial charge in [-0.05, 0) is 24.5 Å². The van der Waals surface area contributed by atoms with Crippen LogP contribution in [0.4, 0.5) is 17.5 Å². The van der Waals surface area contributed by atoms with Gasteiger partial charge >= 0.3 is 0 Å². The van der Waals surface area contributed by atoms with Crippen molar-refractivity contribution < 1.29 is 4.74 Å². The highest BCUT2D eigenvalue weighted by Gasteiger charge is 2.09. The Morgan fingerprint density at radius 2 is 1.70 bits per heavy atom. The third-order valence-electron chi connectivity index (χ3n) is 4.17. The highest BCUT2D eigenvalue weighted by molar-refractivity contribution is 5.69. The number of methoxy groups -OCH3 is 1. The van der Waals surface area contributed by atoms with Gasteiger partial charge in [0.2, 0.25) is 5.95 Å². The molecule has 0 radical (unpaired) electrons. The van der Waals surface area contributed by atoms with Gasteiger partial charge in [-0.3, -0.25) is 0 Å². The van der Waals surface area contributed by atoms with Crippen LogP contribution in [0.3, 0.4) is 0 Å². The molecule has 0 fully saturated rings. The summed E-state index contributed by atoms with van der Waals surface area (Å²) in [6, 6.07) is 19.9. The normalized spacial score (nSPS) is 10.7. The van der Waals surface area contributed by atoms with Crippen molar-refractivity contribution in [2.24, 2.45) is 5.92 Å². The third kappa shape index (κ3) is 5.20. The lowest BCUT2D eigenvalue weighted by molar-refractivity contribution is 0.417. The Morgan fingerprint density at radius 3 is 2.44 bits per heavy atom. The largest absolute Gasteiger partial charge is 0.495 e. The Hall–Kier alpha value is -3.08. The second-order valence-electron chi connectivity index (χ2n) is 6.76. The molecule has 2 N–H and O–H groups in total. The van der Waals surface area contributed by atoms with Gasteiger partial charge in [-0.15, -0.1) is 0 Å². The summed E-state index contributed by atoms with van der Waals surface area (Å²) in [5.74, 6) is 2.74. The quantitative estimate of drug-likeness (QED) is 0.565. The van der Waals surface area contributed by atoms with Crippen LogP contribution >= 0.6 is 0 Å². The number of nitrogens with zero attached hydrogens (tertiary/aromatic N) is 2. The summed E-state index contributed by atoms with van der Waals surface area (Å²) in [5.41, 5.74) is 2.79. The molecule has 3 aromatic rings. The maximum atomic E-state index is 5.43. The van der Waals surface area contributed by atoms with Crippen LogP contribution in [-0.4, -0.2) is 23.6 Å². The van der Waals surface area contributed by atoms with Gasteiger partial charge in [-0.2, -0.15) is 4.98 Å². The maximum absolute atomic E-state index is 5.43. The van der Waals surface area contributed by atoms with E-state index >= 15 is 0 Å². The number of ether oxygens (including phenoxy) is 1. The maximum Gasteiger partial charge on any atom is 0.225 e. The Labute approximate surface area is 160 Å². The summed E-state index contributed by atoms with van der Waals surface area (Å²) in [6.07, 6.45) is 1.06. The molecule has 2 aromatic carbocycles. The van der Waals surface area contributed by atoms with Gasteiger partial charge in [0.1, 0.15) is 11.6 Å². The second-order valence-corrected chi connectivity index (χ2v) is 6.76. The smallest absolute Gasteiger partial charge is 0.225 e. The van der Waals surface area contributed by atoms with Crippen LogP contribution in [0.25, 0.3) is 11.3 Å². The van der Waals surface area contributed by atoms with Crippen molar-refractivity contribution >= 4 is 17.5 Å². The van der Waals surface area contributed by atoms with Gasteiger partial charge in [0.15, 0.2) is 0 Å². The van der Waals surface area contributed by atoms with E-state index in [0.717, 1.165) is 41.5 Å². The molecule has 0 unspecified atom stereocenters. The molecule has 0 aliphatic heterocycles. The van der Waals surface area contributed by atoms with Gasteiger partial charge in [0, 0.05) is 18.2 Å². The van der Waals surface area contributed by atoms with E-state index in [1.165, 1.54) is 0 Å². The monoisotopic (exact) mass is 362 g/mol. The fraction of sp³-hybridized carbons (Fsp3) is 0.273. The Balaban J connectivity index is 1.91. The number of hydrogen-bond donors (Lipinski definition) is 2. The zero-order chi connectivity index (χ0) is 19.1. The summed E-state index contributed by atoms with van der Waals surface area (Å²) in [7, 11) is 1.66. The van der Waals surface area contributed by atoms with Gasteiger partial charge in [0.05, 0.1) is 18.5 Å². The predicted octanol–water partition coefficient (Wildman–Crippen LogP) is 5.35. The summed E-state index contributed by atoms with van der Waals surface area (Å²) in [5, 5.41) is 6.70. The van der Waals surface area contributed by atoms with Crippen molar-refractivity contribution in [3.05, 3.63) is 60.7 Å². The number of anilines is 3. The van der Waals surface area contributed by atoms with Gasteiger partial charge in [-0.25, -0.2) is 4.98 Å². The summed E-state index contributed by atoms with van der Waals surface area (Å²) in [6.45, 7) is 5.25. The Kier molecular flexibility index (Phi) is 6.26.